The first-order valence-electron chi connectivity index (χ1n) is 6.65. The van der Waals surface area contributed by atoms with Crippen LogP contribution >= 0.6 is 11.6 Å². The highest BCUT2D eigenvalue weighted by Gasteiger charge is 2.18. The molecule has 0 aliphatic rings. The molecule has 116 valence electrons. The molecular weight excluding hydrogens is 322 g/mol. The molecule has 2 rings (SSSR count). The van der Waals surface area contributed by atoms with Gasteiger partial charge in [-0.2, -0.15) is 0 Å². The number of rotatable bonds is 6. The molecule has 0 fully saturated rings. The Bertz CT molecular complexity index is 728. The van der Waals surface area contributed by atoms with Crippen LogP contribution in [0.25, 0.3) is 6.08 Å². The molecule has 2 aromatic carbocycles. The van der Waals surface area contributed by atoms with Crippen LogP contribution in [0.4, 0.5) is 5.69 Å². The summed E-state index contributed by atoms with van der Waals surface area (Å²) in [6.45, 7) is -0.264. The number of anilines is 1. The van der Waals surface area contributed by atoms with Gasteiger partial charge in [-0.05, 0) is 35.9 Å². The number of aliphatic hydroxyl groups excluding tert-OH is 1. The Balaban J connectivity index is 2.28. The minimum atomic E-state index is -3.69. The highest BCUT2D eigenvalue weighted by atomic mass is 35.5. The Kier molecular flexibility index (Phi) is 5.60. The van der Waals surface area contributed by atoms with Crippen molar-refractivity contribution in [1.29, 1.82) is 0 Å². The van der Waals surface area contributed by atoms with Crippen molar-refractivity contribution in [3.63, 3.8) is 0 Å². The molecule has 6 heteroatoms. The largest absolute Gasteiger partial charge is 0.394 e. The molecule has 22 heavy (non-hydrogen) atoms. The summed E-state index contributed by atoms with van der Waals surface area (Å²) in [5.74, 6) is 0. The summed E-state index contributed by atoms with van der Waals surface area (Å²) in [7, 11) is -3.69. The summed E-state index contributed by atoms with van der Waals surface area (Å²) < 4.78 is 26.1. The fourth-order valence-corrected chi connectivity index (χ4v) is 3.25. The van der Waals surface area contributed by atoms with Crippen LogP contribution in [-0.4, -0.2) is 26.7 Å². The molecule has 0 aliphatic carbocycles. The van der Waals surface area contributed by atoms with Crippen molar-refractivity contribution in [3.8, 4) is 0 Å². The van der Waals surface area contributed by atoms with E-state index in [0.717, 1.165) is 11.0 Å². The Morgan fingerprint density at radius 3 is 2.27 bits per heavy atom. The maximum absolute atomic E-state index is 12.5. The second kappa shape index (κ2) is 7.45. The Morgan fingerprint density at radius 1 is 1.05 bits per heavy atom. The molecule has 2 aromatic rings. The van der Waals surface area contributed by atoms with Gasteiger partial charge in [-0.25, -0.2) is 8.42 Å². The number of hydrogen-bond acceptors (Lipinski definition) is 3. The average Bonchev–Trinajstić information content (AvgIpc) is 2.53. The molecule has 0 amide bonds. The zero-order chi connectivity index (χ0) is 16.0. The van der Waals surface area contributed by atoms with Crippen molar-refractivity contribution >= 4 is 33.4 Å². The summed E-state index contributed by atoms with van der Waals surface area (Å²) in [6, 6.07) is 15.5. The summed E-state index contributed by atoms with van der Waals surface area (Å²) in [5, 5.41) is 10.8. The minimum absolute atomic E-state index is 0.00267. The predicted octanol–water partition coefficient (Wildman–Crippen LogP) is 3.14. The molecule has 0 saturated heterocycles. The van der Waals surface area contributed by atoms with Crippen LogP contribution in [0.15, 0.2) is 60.0 Å². The number of halogens is 1. The Morgan fingerprint density at radius 2 is 1.68 bits per heavy atom. The van der Waals surface area contributed by atoms with Crippen LogP contribution < -0.4 is 4.31 Å². The quantitative estimate of drug-likeness (QED) is 0.881. The SMILES string of the molecule is O=S(=O)(/C=C/c1ccc(Cl)cc1)N(CCO)c1ccccc1. The Labute approximate surface area is 135 Å². The number of hydrogen-bond donors (Lipinski definition) is 1. The molecule has 0 radical (unpaired) electrons. The third-order valence-corrected chi connectivity index (χ3v) is 4.70. The number of para-hydroxylation sites is 1. The Hall–Kier alpha value is -1.82. The maximum atomic E-state index is 12.5. The van der Waals surface area contributed by atoms with Crippen LogP contribution in [0.1, 0.15) is 5.56 Å². The van der Waals surface area contributed by atoms with Crippen molar-refractivity contribution in [3.05, 3.63) is 70.6 Å². The molecule has 0 heterocycles. The normalized spacial score (nSPS) is 11.7. The van der Waals surface area contributed by atoms with Gasteiger partial charge in [0, 0.05) is 5.02 Å². The first-order chi connectivity index (χ1) is 10.5. The average molecular weight is 338 g/mol. The van der Waals surface area contributed by atoms with Crippen LogP contribution in [0.2, 0.25) is 5.02 Å². The molecule has 0 aliphatic heterocycles. The van der Waals surface area contributed by atoms with E-state index < -0.39 is 10.0 Å². The molecular formula is C16H16ClNO3S. The fraction of sp³-hybridized carbons (Fsp3) is 0.125. The summed E-state index contributed by atoms with van der Waals surface area (Å²) in [4.78, 5) is 0. The van der Waals surface area contributed by atoms with Crippen molar-refractivity contribution in [2.24, 2.45) is 0 Å². The van der Waals surface area contributed by atoms with Crippen molar-refractivity contribution in [2.45, 2.75) is 0 Å². The molecule has 4 nitrogen and oxygen atoms in total. The minimum Gasteiger partial charge on any atom is -0.394 e. The molecule has 0 unspecified atom stereocenters. The summed E-state index contributed by atoms with van der Waals surface area (Å²) in [5.41, 5.74) is 1.24. The van der Waals surface area contributed by atoms with E-state index in [-0.39, 0.29) is 13.2 Å². The number of aliphatic hydroxyl groups is 1. The highest BCUT2D eigenvalue weighted by Crippen LogP contribution is 2.19. The zero-order valence-electron chi connectivity index (χ0n) is 11.8. The zero-order valence-corrected chi connectivity index (χ0v) is 13.3. The van der Waals surface area contributed by atoms with E-state index in [1.165, 1.54) is 10.4 Å². The first-order valence-corrected chi connectivity index (χ1v) is 8.53. The molecule has 0 saturated carbocycles. The lowest BCUT2D eigenvalue weighted by Crippen LogP contribution is -2.31. The van der Waals surface area contributed by atoms with E-state index in [4.69, 9.17) is 16.7 Å². The van der Waals surface area contributed by atoms with E-state index >= 15 is 0 Å². The van der Waals surface area contributed by atoms with E-state index in [1.807, 2.05) is 0 Å². The molecule has 0 aromatic heterocycles. The van der Waals surface area contributed by atoms with Gasteiger partial charge in [0.25, 0.3) is 10.0 Å². The predicted molar refractivity (Wildman–Crippen MR) is 90.3 cm³/mol. The fourth-order valence-electron chi connectivity index (χ4n) is 1.90. The van der Waals surface area contributed by atoms with Crippen molar-refractivity contribution in [2.75, 3.05) is 17.5 Å². The van der Waals surface area contributed by atoms with Gasteiger partial charge < -0.3 is 5.11 Å². The van der Waals surface area contributed by atoms with Crippen LogP contribution in [0, 0.1) is 0 Å². The van der Waals surface area contributed by atoms with Gasteiger partial charge in [0.1, 0.15) is 0 Å². The van der Waals surface area contributed by atoms with E-state index in [2.05, 4.69) is 0 Å². The van der Waals surface area contributed by atoms with Gasteiger partial charge in [-0.15, -0.1) is 0 Å². The third kappa shape index (κ3) is 4.34. The molecule has 1 N–H and O–H groups in total. The van der Waals surface area contributed by atoms with Gasteiger partial charge in [0.15, 0.2) is 0 Å². The van der Waals surface area contributed by atoms with Crippen molar-refractivity contribution < 1.29 is 13.5 Å². The number of benzene rings is 2. The standard InChI is InChI=1S/C16H16ClNO3S/c17-15-8-6-14(7-9-15)10-13-22(20,21)18(11-12-19)16-4-2-1-3-5-16/h1-10,13,19H,11-12H2/b13-10+. The topological polar surface area (TPSA) is 57.6 Å². The highest BCUT2D eigenvalue weighted by molar-refractivity contribution is 7.95. The molecule has 0 spiro atoms. The molecule has 0 atom stereocenters. The smallest absolute Gasteiger partial charge is 0.257 e. The van der Waals surface area contributed by atoms with Gasteiger partial charge in [0.05, 0.1) is 24.2 Å². The number of sulfonamides is 1. The third-order valence-electron chi connectivity index (χ3n) is 2.96. The van der Waals surface area contributed by atoms with Gasteiger partial charge in [-0.1, -0.05) is 41.9 Å². The lowest BCUT2D eigenvalue weighted by atomic mass is 10.2. The van der Waals surface area contributed by atoms with Gasteiger partial charge in [-0.3, -0.25) is 4.31 Å². The lowest BCUT2D eigenvalue weighted by molar-refractivity contribution is 0.307. The van der Waals surface area contributed by atoms with Crippen molar-refractivity contribution in [1.82, 2.24) is 0 Å². The summed E-state index contributed by atoms with van der Waals surface area (Å²) in [6.07, 6.45) is 1.50. The van der Waals surface area contributed by atoms with Gasteiger partial charge in [0.2, 0.25) is 0 Å². The van der Waals surface area contributed by atoms with E-state index in [0.29, 0.717) is 10.7 Å². The second-order valence-electron chi connectivity index (χ2n) is 4.53. The van der Waals surface area contributed by atoms with Crippen LogP contribution in [-0.2, 0) is 10.0 Å². The monoisotopic (exact) mass is 337 g/mol. The van der Waals surface area contributed by atoms with E-state index in [9.17, 15) is 8.42 Å². The van der Waals surface area contributed by atoms with Gasteiger partial charge >= 0.3 is 0 Å². The maximum Gasteiger partial charge on any atom is 0.257 e. The second-order valence-corrected chi connectivity index (χ2v) is 6.71. The first kappa shape index (κ1) is 16.5. The summed E-state index contributed by atoms with van der Waals surface area (Å²) >= 11 is 5.80. The number of nitrogens with zero attached hydrogens (tertiary/aromatic N) is 1. The van der Waals surface area contributed by atoms with Crippen LogP contribution in [0.3, 0.4) is 0 Å². The lowest BCUT2D eigenvalue weighted by Gasteiger charge is -2.21. The molecule has 0 bridgehead atoms. The van der Waals surface area contributed by atoms with Crippen LogP contribution in [0.5, 0.6) is 0 Å². The van der Waals surface area contributed by atoms with E-state index in [1.54, 1.807) is 54.6 Å².